The van der Waals surface area contributed by atoms with Crippen LogP contribution in [-0.4, -0.2) is 31.0 Å². The van der Waals surface area contributed by atoms with Crippen LogP contribution in [0, 0.1) is 0 Å². The van der Waals surface area contributed by atoms with E-state index >= 15 is 0 Å². The summed E-state index contributed by atoms with van der Waals surface area (Å²) >= 11 is 7.18. The first-order valence-electron chi connectivity index (χ1n) is 8.06. The van der Waals surface area contributed by atoms with Gasteiger partial charge in [0, 0.05) is 10.4 Å². The van der Waals surface area contributed by atoms with Gasteiger partial charge in [-0.15, -0.1) is 11.3 Å². The number of hydrogen-bond donors (Lipinski definition) is 2. The molecule has 0 unspecified atom stereocenters. The van der Waals surface area contributed by atoms with Gasteiger partial charge in [-0.1, -0.05) is 23.7 Å². The molecule has 2 aromatic carbocycles. The molecule has 7 nitrogen and oxygen atoms in total. The Bertz CT molecular complexity index is 1020. The summed E-state index contributed by atoms with van der Waals surface area (Å²) in [7, 11) is 3.00. The largest absolute Gasteiger partial charge is 0.496 e. The number of carbonyl (C=O) groups excluding carboxylic acids is 2. The number of para-hydroxylation sites is 1. The minimum Gasteiger partial charge on any atom is -0.496 e. The second-order valence-electron chi connectivity index (χ2n) is 5.49. The third-order valence-electron chi connectivity index (χ3n) is 3.77. The van der Waals surface area contributed by atoms with Crippen molar-refractivity contribution in [3.05, 3.63) is 64.1 Å². The first-order chi connectivity index (χ1) is 13.5. The summed E-state index contributed by atoms with van der Waals surface area (Å²) in [5, 5.41) is 2.67. The lowest BCUT2D eigenvalue weighted by atomic mass is 10.2. The molecule has 0 fully saturated rings. The van der Waals surface area contributed by atoms with Crippen molar-refractivity contribution in [2.75, 3.05) is 14.2 Å². The molecular weight excluding hydrogens is 402 g/mol. The molecule has 0 saturated heterocycles. The van der Waals surface area contributed by atoms with E-state index in [1.807, 2.05) is 24.3 Å². The normalized spacial score (nSPS) is 10.2. The van der Waals surface area contributed by atoms with Crippen LogP contribution in [0.15, 0.2) is 47.8 Å². The van der Waals surface area contributed by atoms with E-state index in [1.165, 1.54) is 30.6 Å². The summed E-state index contributed by atoms with van der Waals surface area (Å²) < 4.78 is 10.4. The van der Waals surface area contributed by atoms with Crippen LogP contribution in [0.1, 0.15) is 20.8 Å². The Morgan fingerprint density at radius 2 is 1.71 bits per heavy atom. The van der Waals surface area contributed by atoms with Gasteiger partial charge in [-0.3, -0.25) is 20.4 Å². The van der Waals surface area contributed by atoms with E-state index < -0.39 is 11.8 Å². The fourth-order valence-corrected chi connectivity index (χ4v) is 3.41. The molecule has 0 spiro atoms. The van der Waals surface area contributed by atoms with Crippen molar-refractivity contribution >= 4 is 34.8 Å². The maximum atomic E-state index is 12.3. The van der Waals surface area contributed by atoms with Crippen LogP contribution in [-0.2, 0) is 0 Å². The van der Waals surface area contributed by atoms with Gasteiger partial charge < -0.3 is 9.47 Å². The molecule has 144 valence electrons. The summed E-state index contributed by atoms with van der Waals surface area (Å²) in [6.45, 7) is 0. The molecule has 2 N–H and O–H groups in total. The molecule has 0 radical (unpaired) electrons. The van der Waals surface area contributed by atoms with Crippen LogP contribution in [0.5, 0.6) is 11.5 Å². The number of hydrazine groups is 1. The molecule has 1 aromatic heterocycles. The second-order valence-corrected chi connectivity index (χ2v) is 6.79. The number of carbonyl (C=O) groups is 2. The highest BCUT2D eigenvalue weighted by Crippen LogP contribution is 2.31. The molecule has 0 aliphatic heterocycles. The number of hydrogen-bond acceptors (Lipinski definition) is 6. The van der Waals surface area contributed by atoms with Gasteiger partial charge in [0.2, 0.25) is 0 Å². The number of ether oxygens (including phenoxy) is 2. The van der Waals surface area contributed by atoms with Crippen molar-refractivity contribution in [1.29, 1.82) is 0 Å². The molecule has 9 heteroatoms. The Hall–Kier alpha value is -3.10. The number of nitrogens with zero attached hydrogens (tertiary/aromatic N) is 1. The number of benzene rings is 2. The minimum atomic E-state index is -0.543. The van der Waals surface area contributed by atoms with Crippen molar-refractivity contribution in [3.63, 3.8) is 0 Å². The van der Waals surface area contributed by atoms with Gasteiger partial charge >= 0.3 is 0 Å². The van der Waals surface area contributed by atoms with Crippen LogP contribution >= 0.6 is 22.9 Å². The molecular formula is C19H16ClN3O4S. The number of rotatable bonds is 5. The Kier molecular flexibility index (Phi) is 6.13. The van der Waals surface area contributed by atoms with Gasteiger partial charge in [-0.2, -0.15) is 0 Å². The average Bonchev–Trinajstić information content (AvgIpc) is 3.21. The zero-order valence-electron chi connectivity index (χ0n) is 15.0. The Morgan fingerprint density at radius 3 is 2.46 bits per heavy atom. The standard InChI is InChI=1S/C19H16ClN3O4S/c1-26-15-6-4-3-5-13(15)19-21-14(10-28-19)18(25)23-22-17(24)12-8-7-11(20)9-16(12)27-2/h3-10H,1-2H3,(H,22,24)(H,23,25). The zero-order valence-corrected chi connectivity index (χ0v) is 16.6. The average molecular weight is 418 g/mol. The molecule has 0 bridgehead atoms. The zero-order chi connectivity index (χ0) is 20.1. The van der Waals surface area contributed by atoms with Crippen LogP contribution < -0.4 is 20.3 Å². The van der Waals surface area contributed by atoms with Crippen LogP contribution in [0.4, 0.5) is 0 Å². The number of nitrogens with one attached hydrogen (secondary N) is 2. The number of halogens is 1. The van der Waals surface area contributed by atoms with Crippen LogP contribution in [0.3, 0.4) is 0 Å². The fraction of sp³-hybridized carbons (Fsp3) is 0.105. The van der Waals surface area contributed by atoms with Crippen molar-refractivity contribution in [2.24, 2.45) is 0 Å². The quantitative estimate of drug-likeness (QED) is 0.619. The minimum absolute atomic E-state index is 0.175. The Balaban J connectivity index is 1.69. The van der Waals surface area contributed by atoms with E-state index in [4.69, 9.17) is 21.1 Å². The van der Waals surface area contributed by atoms with Crippen molar-refractivity contribution in [2.45, 2.75) is 0 Å². The molecule has 3 rings (SSSR count). The number of methoxy groups -OCH3 is 2. The predicted molar refractivity (Wildman–Crippen MR) is 107 cm³/mol. The Labute approximate surface area is 170 Å². The molecule has 1 heterocycles. The van der Waals surface area contributed by atoms with Crippen molar-refractivity contribution in [3.8, 4) is 22.1 Å². The van der Waals surface area contributed by atoms with Crippen LogP contribution in [0.25, 0.3) is 10.6 Å². The summed E-state index contributed by atoms with van der Waals surface area (Å²) in [5.74, 6) is -0.126. The maximum Gasteiger partial charge on any atom is 0.289 e. The van der Waals surface area contributed by atoms with Crippen molar-refractivity contribution in [1.82, 2.24) is 15.8 Å². The van der Waals surface area contributed by atoms with Gasteiger partial charge in [0.15, 0.2) is 0 Å². The van der Waals surface area contributed by atoms with E-state index in [9.17, 15) is 9.59 Å². The highest BCUT2D eigenvalue weighted by molar-refractivity contribution is 7.13. The van der Waals surface area contributed by atoms with E-state index in [-0.39, 0.29) is 11.3 Å². The van der Waals surface area contributed by atoms with E-state index in [1.54, 1.807) is 18.6 Å². The van der Waals surface area contributed by atoms with E-state index in [0.717, 1.165) is 5.56 Å². The lowest BCUT2D eigenvalue weighted by Crippen LogP contribution is -2.41. The smallest absolute Gasteiger partial charge is 0.289 e. The predicted octanol–water partition coefficient (Wildman–Crippen LogP) is 3.56. The van der Waals surface area contributed by atoms with Gasteiger partial charge in [-0.05, 0) is 30.3 Å². The van der Waals surface area contributed by atoms with Gasteiger partial charge in [-0.25, -0.2) is 4.98 Å². The molecule has 28 heavy (non-hydrogen) atoms. The second kappa shape index (κ2) is 8.73. The first kappa shape index (κ1) is 19.7. The molecule has 0 aliphatic rings. The molecule has 0 atom stereocenters. The topological polar surface area (TPSA) is 89.6 Å². The SMILES string of the molecule is COc1cc(Cl)ccc1C(=O)NNC(=O)c1csc(-c2ccccc2OC)n1. The third kappa shape index (κ3) is 4.24. The molecule has 3 aromatic rings. The number of thiazole rings is 1. The summed E-state index contributed by atoms with van der Waals surface area (Å²) in [5.41, 5.74) is 5.88. The summed E-state index contributed by atoms with van der Waals surface area (Å²) in [6, 6.07) is 12.0. The third-order valence-corrected chi connectivity index (χ3v) is 4.88. The lowest BCUT2D eigenvalue weighted by Gasteiger charge is -2.10. The van der Waals surface area contributed by atoms with Crippen LogP contribution in [0.2, 0.25) is 5.02 Å². The van der Waals surface area contributed by atoms with E-state index in [2.05, 4.69) is 15.8 Å². The van der Waals surface area contributed by atoms with Gasteiger partial charge in [0.25, 0.3) is 11.8 Å². The molecule has 2 amide bonds. The molecule has 0 aliphatic carbocycles. The number of aromatic nitrogens is 1. The highest BCUT2D eigenvalue weighted by Gasteiger charge is 2.17. The van der Waals surface area contributed by atoms with Gasteiger partial charge in [0.1, 0.15) is 22.2 Å². The Morgan fingerprint density at radius 1 is 1.00 bits per heavy atom. The monoisotopic (exact) mass is 417 g/mol. The summed E-state index contributed by atoms with van der Waals surface area (Å²) in [6.07, 6.45) is 0. The highest BCUT2D eigenvalue weighted by atomic mass is 35.5. The maximum absolute atomic E-state index is 12.3. The first-order valence-corrected chi connectivity index (χ1v) is 9.32. The lowest BCUT2D eigenvalue weighted by molar-refractivity contribution is 0.0842. The van der Waals surface area contributed by atoms with Gasteiger partial charge in [0.05, 0.1) is 25.3 Å². The fourth-order valence-electron chi connectivity index (χ4n) is 2.42. The molecule has 0 saturated carbocycles. The summed E-state index contributed by atoms with van der Waals surface area (Å²) in [4.78, 5) is 28.9. The van der Waals surface area contributed by atoms with Crippen molar-refractivity contribution < 1.29 is 19.1 Å². The van der Waals surface area contributed by atoms with E-state index in [0.29, 0.717) is 21.5 Å². The number of amides is 2.